The van der Waals surface area contributed by atoms with Gasteiger partial charge in [0, 0.05) is 6.42 Å². The first kappa shape index (κ1) is 24.5. The zero-order chi connectivity index (χ0) is 24.9. The lowest BCUT2D eigenvalue weighted by Gasteiger charge is -2.72. The van der Waals surface area contributed by atoms with Crippen LogP contribution in [0.5, 0.6) is 0 Å². The van der Waals surface area contributed by atoms with Gasteiger partial charge < -0.3 is 10.2 Å². The summed E-state index contributed by atoms with van der Waals surface area (Å²) in [6.45, 7) is 15.9. The Morgan fingerprint density at radius 2 is 1.65 bits per heavy atom. The van der Waals surface area contributed by atoms with Crippen molar-refractivity contribution in [1.82, 2.24) is 0 Å². The van der Waals surface area contributed by atoms with Crippen LogP contribution in [0.1, 0.15) is 98.8 Å². The molecule has 1 unspecified atom stereocenters. The van der Waals surface area contributed by atoms with Gasteiger partial charge in [-0.2, -0.15) is 0 Å². The summed E-state index contributed by atoms with van der Waals surface area (Å²) in [5, 5.41) is 20.8. The first-order chi connectivity index (χ1) is 15.8. The minimum Gasteiger partial charge on any atom is -0.481 e. The predicted octanol–water partition coefficient (Wildman–Crippen LogP) is 6.27. The molecule has 0 spiro atoms. The average molecular weight is 471 g/mol. The maximum Gasteiger partial charge on any atom is 0.309 e. The standard InChI is InChI=1S/C30H46O4/c1-18(2)19-9-14-30(25(33)34)16-15-28(5)20(24(19)30)7-8-22-26(3)12-11-23(32)27(4,17-31)21(26)10-13-29(22,28)6/h19-22,24,31H,1,7-17H2,2-6H3,(H,33,34)/t19-,20?,21+,22+,24+,26-,27-,28+,29+,30-/m0/s1. The molecule has 0 saturated heterocycles. The molecule has 5 fully saturated rings. The number of aliphatic carboxylic acids is 1. The Balaban J connectivity index is 1.57. The topological polar surface area (TPSA) is 74.6 Å². The van der Waals surface area contributed by atoms with Crippen LogP contribution in [-0.2, 0) is 9.59 Å². The highest BCUT2D eigenvalue weighted by molar-refractivity contribution is 5.86. The number of Topliss-reactive ketones (excluding diaryl/α,β-unsaturated/α-hetero) is 1. The molecule has 0 radical (unpaired) electrons. The molecule has 0 heterocycles. The molecule has 5 saturated carbocycles. The van der Waals surface area contributed by atoms with Crippen LogP contribution < -0.4 is 0 Å². The molecule has 0 aromatic carbocycles. The molecule has 4 heteroatoms. The smallest absolute Gasteiger partial charge is 0.309 e. The zero-order valence-corrected chi connectivity index (χ0v) is 22.1. The third-order valence-corrected chi connectivity index (χ3v) is 13.4. The summed E-state index contributed by atoms with van der Waals surface area (Å²) in [6.07, 6.45) is 9.35. The van der Waals surface area contributed by atoms with Gasteiger partial charge in [-0.05, 0) is 111 Å². The van der Waals surface area contributed by atoms with Crippen molar-refractivity contribution < 1.29 is 19.8 Å². The lowest BCUT2D eigenvalue weighted by atomic mass is 9.32. The molecular weight excluding hydrogens is 424 g/mol. The third-order valence-electron chi connectivity index (χ3n) is 13.4. The van der Waals surface area contributed by atoms with Gasteiger partial charge in [-0.25, -0.2) is 0 Å². The Morgan fingerprint density at radius 3 is 2.26 bits per heavy atom. The van der Waals surface area contributed by atoms with Gasteiger partial charge in [0.1, 0.15) is 5.78 Å². The largest absolute Gasteiger partial charge is 0.481 e. The number of hydrogen-bond donors (Lipinski definition) is 2. The first-order valence-electron chi connectivity index (χ1n) is 13.8. The Kier molecular flexibility index (Phi) is 5.36. The number of ketones is 1. The molecule has 0 aromatic rings. The second-order valence-electron chi connectivity index (χ2n) is 14.1. The minimum atomic E-state index is -0.617. The van der Waals surface area contributed by atoms with Crippen LogP contribution in [0.3, 0.4) is 0 Å². The maximum absolute atomic E-state index is 13.0. The molecule has 10 atom stereocenters. The molecule has 4 nitrogen and oxygen atoms in total. The van der Waals surface area contributed by atoms with Gasteiger partial charge >= 0.3 is 5.97 Å². The molecule has 34 heavy (non-hydrogen) atoms. The van der Waals surface area contributed by atoms with E-state index in [1.54, 1.807) is 0 Å². The van der Waals surface area contributed by atoms with E-state index in [-0.39, 0.29) is 40.5 Å². The molecule has 0 aliphatic heterocycles. The minimum absolute atomic E-state index is 0.0427. The van der Waals surface area contributed by atoms with E-state index in [4.69, 9.17) is 0 Å². The highest BCUT2D eigenvalue weighted by atomic mass is 16.4. The van der Waals surface area contributed by atoms with Crippen molar-refractivity contribution >= 4 is 11.8 Å². The SMILES string of the molecule is C=C(C)[C@@H]1CC[C@]2(C(=O)O)CC[C@]3(C)C(CC[C@@H]4[C@@]5(C)CCC(=O)[C@@](C)(CO)[C@@H]5CC[C@]43C)[C@@H]12. The summed E-state index contributed by atoms with van der Waals surface area (Å²) in [6, 6.07) is 0. The van der Waals surface area contributed by atoms with E-state index in [0.29, 0.717) is 24.2 Å². The van der Waals surface area contributed by atoms with Gasteiger partial charge in [-0.15, -0.1) is 0 Å². The van der Waals surface area contributed by atoms with Gasteiger partial charge in [0.2, 0.25) is 0 Å². The number of carbonyl (C=O) groups excluding carboxylic acids is 1. The second kappa shape index (κ2) is 7.43. The fourth-order valence-electron chi connectivity index (χ4n) is 11.3. The molecule has 190 valence electrons. The van der Waals surface area contributed by atoms with E-state index in [2.05, 4.69) is 34.3 Å². The summed E-state index contributed by atoms with van der Waals surface area (Å²) in [5.41, 5.74) is 0.257. The van der Waals surface area contributed by atoms with Crippen molar-refractivity contribution in [3.05, 3.63) is 12.2 Å². The molecule has 2 N–H and O–H groups in total. The third kappa shape index (κ3) is 2.70. The van der Waals surface area contributed by atoms with E-state index < -0.39 is 16.8 Å². The van der Waals surface area contributed by atoms with E-state index in [1.807, 2.05) is 6.92 Å². The van der Waals surface area contributed by atoms with Crippen molar-refractivity contribution in [1.29, 1.82) is 0 Å². The van der Waals surface area contributed by atoms with Gasteiger partial charge in [-0.3, -0.25) is 9.59 Å². The normalized spacial score (nSPS) is 54.4. The van der Waals surface area contributed by atoms with Crippen LogP contribution in [-0.4, -0.2) is 28.6 Å². The summed E-state index contributed by atoms with van der Waals surface area (Å²) in [4.78, 5) is 25.7. The highest BCUT2D eigenvalue weighted by Crippen LogP contribution is 2.77. The number of rotatable bonds is 3. The number of fused-ring (bicyclic) bond motifs is 7. The van der Waals surface area contributed by atoms with Crippen molar-refractivity contribution in [2.24, 2.45) is 56.7 Å². The average Bonchev–Trinajstić information content (AvgIpc) is 3.18. The number of carbonyl (C=O) groups is 2. The molecule has 0 bridgehead atoms. The zero-order valence-electron chi connectivity index (χ0n) is 22.1. The highest BCUT2D eigenvalue weighted by Gasteiger charge is 2.72. The molecule has 5 aliphatic carbocycles. The Labute approximate surface area is 206 Å². The molecule has 5 aliphatic rings. The van der Waals surface area contributed by atoms with Crippen molar-refractivity contribution in [3.8, 4) is 0 Å². The van der Waals surface area contributed by atoms with Gasteiger partial charge in [-0.1, -0.05) is 39.8 Å². The van der Waals surface area contributed by atoms with Crippen molar-refractivity contribution in [2.75, 3.05) is 6.61 Å². The van der Waals surface area contributed by atoms with Gasteiger partial charge in [0.05, 0.1) is 17.4 Å². The van der Waals surface area contributed by atoms with Crippen LogP contribution in [0.25, 0.3) is 0 Å². The quantitative estimate of drug-likeness (QED) is 0.477. The number of allylic oxidation sites excluding steroid dienone is 1. The van der Waals surface area contributed by atoms with Crippen molar-refractivity contribution in [3.63, 3.8) is 0 Å². The van der Waals surface area contributed by atoms with Crippen LogP contribution >= 0.6 is 0 Å². The maximum atomic E-state index is 13.0. The number of aliphatic hydroxyl groups excluding tert-OH is 1. The lowest BCUT2D eigenvalue weighted by Crippen LogP contribution is -2.67. The van der Waals surface area contributed by atoms with Crippen LogP contribution in [0, 0.1) is 56.7 Å². The predicted molar refractivity (Wildman–Crippen MR) is 133 cm³/mol. The Bertz CT molecular complexity index is 925. The van der Waals surface area contributed by atoms with Crippen molar-refractivity contribution in [2.45, 2.75) is 98.8 Å². The Hall–Kier alpha value is -1.16. The number of aliphatic hydroxyl groups is 1. The monoisotopic (exact) mass is 470 g/mol. The first-order valence-corrected chi connectivity index (χ1v) is 13.8. The molecular formula is C30H46O4. The van der Waals surface area contributed by atoms with E-state index >= 15 is 0 Å². The van der Waals surface area contributed by atoms with E-state index in [0.717, 1.165) is 57.8 Å². The number of hydrogen-bond acceptors (Lipinski definition) is 3. The summed E-state index contributed by atoms with van der Waals surface area (Å²) < 4.78 is 0. The fraction of sp³-hybridized carbons (Fsp3) is 0.867. The summed E-state index contributed by atoms with van der Waals surface area (Å²) in [5.74, 6) is 1.35. The fourth-order valence-corrected chi connectivity index (χ4v) is 11.3. The van der Waals surface area contributed by atoms with Crippen LogP contribution in [0.15, 0.2) is 12.2 Å². The number of carboxylic acid groups (broad SMARTS) is 1. The van der Waals surface area contributed by atoms with Gasteiger partial charge in [0.15, 0.2) is 0 Å². The van der Waals surface area contributed by atoms with E-state index in [1.165, 1.54) is 5.57 Å². The summed E-state index contributed by atoms with van der Waals surface area (Å²) in [7, 11) is 0. The van der Waals surface area contributed by atoms with Crippen LogP contribution in [0.4, 0.5) is 0 Å². The van der Waals surface area contributed by atoms with Gasteiger partial charge in [0.25, 0.3) is 0 Å². The molecule has 0 amide bonds. The second-order valence-corrected chi connectivity index (χ2v) is 14.1. The molecule has 5 rings (SSSR count). The Morgan fingerprint density at radius 1 is 0.941 bits per heavy atom. The summed E-state index contributed by atoms with van der Waals surface area (Å²) >= 11 is 0. The number of carboxylic acids is 1. The molecule has 0 aromatic heterocycles. The lowest BCUT2D eigenvalue weighted by molar-refractivity contribution is -0.238. The van der Waals surface area contributed by atoms with Crippen LogP contribution in [0.2, 0.25) is 0 Å². The van der Waals surface area contributed by atoms with E-state index in [9.17, 15) is 19.8 Å².